The lowest BCUT2D eigenvalue weighted by atomic mass is 9.99. The zero-order valence-corrected chi connectivity index (χ0v) is 12.9. The van der Waals surface area contributed by atoms with E-state index in [9.17, 15) is 9.18 Å². The molecule has 0 aromatic heterocycles. The summed E-state index contributed by atoms with van der Waals surface area (Å²) in [5.74, 6) is -0.550. The molecule has 0 aliphatic rings. The largest absolute Gasteiger partial charge is 0.289 e. The van der Waals surface area contributed by atoms with Crippen molar-refractivity contribution in [2.75, 3.05) is 0 Å². The molecular weight excluding hydrogens is 331 g/mol. The molecule has 0 fully saturated rings. The minimum atomic E-state index is -0.386. The van der Waals surface area contributed by atoms with E-state index in [2.05, 4.69) is 15.9 Å². The van der Waals surface area contributed by atoms with E-state index in [1.54, 1.807) is 19.1 Å². The number of hydrogen-bond acceptors (Lipinski definition) is 1. The number of hydrogen-bond donors (Lipinski definition) is 0. The quantitative estimate of drug-likeness (QED) is 0.579. The van der Waals surface area contributed by atoms with E-state index in [1.807, 2.05) is 30.3 Å². The van der Waals surface area contributed by atoms with Gasteiger partial charge in [0.25, 0.3) is 0 Å². The van der Waals surface area contributed by atoms with Gasteiger partial charge in [0, 0.05) is 15.6 Å². The summed E-state index contributed by atoms with van der Waals surface area (Å²) >= 11 is 3.42. The van der Waals surface area contributed by atoms with Gasteiger partial charge in [-0.05, 0) is 59.7 Å². The summed E-state index contributed by atoms with van der Waals surface area (Å²) in [6.07, 6.45) is 0. The number of ketones is 1. The molecule has 0 atom stereocenters. The zero-order valence-electron chi connectivity index (χ0n) is 11.4. The van der Waals surface area contributed by atoms with Crippen LogP contribution in [0.2, 0.25) is 0 Å². The second-order valence-corrected chi connectivity index (χ2v) is 5.97. The van der Waals surface area contributed by atoms with Gasteiger partial charge in [0.15, 0.2) is 5.78 Å². The predicted molar refractivity (Wildman–Crippen MR) is 86.2 cm³/mol. The number of aryl methyl sites for hydroxylation is 1. The van der Waals surface area contributed by atoms with Gasteiger partial charge in [-0.3, -0.25) is 4.79 Å². The van der Waals surface area contributed by atoms with Crippen molar-refractivity contribution in [2.45, 2.75) is 6.92 Å². The van der Waals surface area contributed by atoms with Crippen LogP contribution in [0, 0.1) is 12.7 Å². The third-order valence-electron chi connectivity index (χ3n) is 3.37. The van der Waals surface area contributed by atoms with Gasteiger partial charge in [0.05, 0.1) is 0 Å². The van der Waals surface area contributed by atoms with Crippen LogP contribution < -0.4 is 0 Å². The monoisotopic (exact) mass is 342 g/mol. The first kappa shape index (κ1) is 14.0. The summed E-state index contributed by atoms with van der Waals surface area (Å²) in [7, 11) is 0. The second kappa shape index (κ2) is 5.41. The van der Waals surface area contributed by atoms with Crippen molar-refractivity contribution in [3.63, 3.8) is 0 Å². The lowest BCUT2D eigenvalue weighted by Crippen LogP contribution is -2.02. The van der Waals surface area contributed by atoms with Crippen LogP contribution in [0.4, 0.5) is 4.39 Å². The van der Waals surface area contributed by atoms with Gasteiger partial charge in [0.1, 0.15) is 5.82 Å². The fourth-order valence-electron chi connectivity index (χ4n) is 2.39. The van der Waals surface area contributed by atoms with Crippen molar-refractivity contribution in [3.05, 3.63) is 81.6 Å². The molecule has 0 bridgehead atoms. The highest BCUT2D eigenvalue weighted by Crippen LogP contribution is 2.22. The highest BCUT2D eigenvalue weighted by Gasteiger charge is 2.11. The maximum absolute atomic E-state index is 13.4. The summed E-state index contributed by atoms with van der Waals surface area (Å²) in [5.41, 5.74) is 1.68. The maximum atomic E-state index is 13.4. The summed E-state index contributed by atoms with van der Waals surface area (Å²) < 4.78 is 14.4. The topological polar surface area (TPSA) is 17.1 Å². The van der Waals surface area contributed by atoms with Crippen molar-refractivity contribution < 1.29 is 9.18 Å². The Balaban J connectivity index is 2.07. The normalized spacial score (nSPS) is 10.8. The van der Waals surface area contributed by atoms with Crippen molar-refractivity contribution in [2.24, 2.45) is 0 Å². The molecule has 0 N–H and O–H groups in total. The molecule has 0 heterocycles. The maximum Gasteiger partial charge on any atom is 0.193 e. The Labute approximate surface area is 130 Å². The molecule has 0 aliphatic carbocycles. The van der Waals surface area contributed by atoms with Crippen molar-refractivity contribution >= 4 is 32.5 Å². The van der Waals surface area contributed by atoms with Crippen LogP contribution in [-0.4, -0.2) is 5.78 Å². The molecule has 0 saturated heterocycles. The second-order valence-electron chi connectivity index (χ2n) is 5.05. The molecule has 0 amide bonds. The van der Waals surface area contributed by atoms with E-state index in [1.165, 1.54) is 12.1 Å². The third-order valence-corrected chi connectivity index (χ3v) is 3.86. The SMILES string of the molecule is Cc1cc(F)cc(C(=O)c2ccc3cc(Br)ccc3c2)c1. The van der Waals surface area contributed by atoms with Gasteiger partial charge in [-0.1, -0.05) is 34.1 Å². The van der Waals surface area contributed by atoms with E-state index in [0.717, 1.165) is 20.8 Å². The predicted octanol–water partition coefficient (Wildman–Crippen LogP) is 5.28. The molecule has 0 spiro atoms. The van der Waals surface area contributed by atoms with Crippen LogP contribution in [0.25, 0.3) is 10.8 Å². The highest BCUT2D eigenvalue weighted by molar-refractivity contribution is 9.10. The number of halogens is 2. The average molecular weight is 343 g/mol. The Morgan fingerprint density at radius 2 is 1.62 bits per heavy atom. The number of rotatable bonds is 2. The van der Waals surface area contributed by atoms with Gasteiger partial charge in [0.2, 0.25) is 0 Å². The van der Waals surface area contributed by atoms with Crippen molar-refractivity contribution in [1.82, 2.24) is 0 Å². The first-order chi connectivity index (χ1) is 10.0. The molecule has 104 valence electrons. The van der Waals surface area contributed by atoms with Crippen LogP contribution in [0.1, 0.15) is 21.5 Å². The zero-order chi connectivity index (χ0) is 15.0. The van der Waals surface area contributed by atoms with Crippen molar-refractivity contribution in [3.8, 4) is 0 Å². The highest BCUT2D eigenvalue weighted by atomic mass is 79.9. The summed E-state index contributed by atoms with van der Waals surface area (Å²) in [6.45, 7) is 1.78. The molecule has 3 rings (SSSR count). The molecule has 0 saturated carbocycles. The molecule has 0 unspecified atom stereocenters. The lowest BCUT2D eigenvalue weighted by molar-refractivity contribution is 0.103. The average Bonchev–Trinajstić information content (AvgIpc) is 2.45. The molecule has 1 nitrogen and oxygen atoms in total. The van der Waals surface area contributed by atoms with E-state index in [0.29, 0.717) is 11.1 Å². The Hall–Kier alpha value is -2.00. The molecule has 3 aromatic rings. The van der Waals surface area contributed by atoms with Gasteiger partial charge in [-0.25, -0.2) is 4.39 Å². The van der Waals surface area contributed by atoms with Gasteiger partial charge in [-0.2, -0.15) is 0 Å². The summed E-state index contributed by atoms with van der Waals surface area (Å²) in [4.78, 5) is 12.5. The number of fused-ring (bicyclic) bond motifs is 1. The lowest BCUT2D eigenvalue weighted by Gasteiger charge is -2.05. The standard InChI is InChI=1S/C18H12BrFO/c1-11-6-15(10-17(20)7-11)18(21)14-3-2-13-9-16(19)5-4-12(13)8-14/h2-10H,1H3. The molecule has 0 aliphatic heterocycles. The van der Waals surface area contributed by atoms with Crippen LogP contribution >= 0.6 is 15.9 Å². The first-order valence-corrected chi connectivity index (χ1v) is 7.33. The first-order valence-electron chi connectivity index (χ1n) is 6.54. The van der Waals surface area contributed by atoms with E-state index >= 15 is 0 Å². The van der Waals surface area contributed by atoms with Crippen LogP contribution in [0.3, 0.4) is 0 Å². The molecule has 21 heavy (non-hydrogen) atoms. The van der Waals surface area contributed by atoms with Crippen LogP contribution in [0.15, 0.2) is 59.1 Å². The third kappa shape index (κ3) is 2.88. The molecule has 0 radical (unpaired) electrons. The van der Waals surface area contributed by atoms with Crippen molar-refractivity contribution in [1.29, 1.82) is 0 Å². The molecular formula is C18H12BrFO. The Morgan fingerprint density at radius 1 is 0.905 bits per heavy atom. The van der Waals surface area contributed by atoms with Gasteiger partial charge in [-0.15, -0.1) is 0 Å². The van der Waals surface area contributed by atoms with Crippen LogP contribution in [0.5, 0.6) is 0 Å². The van der Waals surface area contributed by atoms with Crippen LogP contribution in [-0.2, 0) is 0 Å². The van der Waals surface area contributed by atoms with Gasteiger partial charge >= 0.3 is 0 Å². The Kier molecular flexibility index (Phi) is 3.60. The Morgan fingerprint density at radius 3 is 2.38 bits per heavy atom. The number of carbonyl (C=O) groups excluding carboxylic acids is 1. The smallest absolute Gasteiger partial charge is 0.193 e. The summed E-state index contributed by atoms with van der Waals surface area (Å²) in [6, 6.07) is 15.8. The molecule has 3 aromatic carbocycles. The number of carbonyl (C=O) groups is 1. The molecule has 3 heteroatoms. The fraction of sp³-hybridized carbons (Fsp3) is 0.0556. The minimum absolute atomic E-state index is 0.164. The van der Waals surface area contributed by atoms with E-state index in [4.69, 9.17) is 0 Å². The number of benzene rings is 3. The summed E-state index contributed by atoms with van der Waals surface area (Å²) in [5, 5.41) is 2.04. The Bertz CT molecular complexity index is 835. The van der Waals surface area contributed by atoms with E-state index in [-0.39, 0.29) is 11.6 Å². The minimum Gasteiger partial charge on any atom is -0.289 e. The van der Waals surface area contributed by atoms with E-state index < -0.39 is 0 Å². The fourth-order valence-corrected chi connectivity index (χ4v) is 2.77. The van der Waals surface area contributed by atoms with Gasteiger partial charge < -0.3 is 0 Å².